The molecule has 126 valence electrons. The summed E-state index contributed by atoms with van der Waals surface area (Å²) in [5.41, 5.74) is 1.25. The Morgan fingerprint density at radius 3 is 1.58 bits per heavy atom. The van der Waals surface area contributed by atoms with Crippen LogP contribution in [0.3, 0.4) is 0 Å². The Bertz CT molecular complexity index is 708. The van der Waals surface area contributed by atoms with E-state index in [0.717, 1.165) is 0 Å². The van der Waals surface area contributed by atoms with Crippen molar-refractivity contribution in [3.05, 3.63) is 97.1 Å². The average Bonchev–Trinajstić information content (AvgIpc) is 2.65. The van der Waals surface area contributed by atoms with Crippen molar-refractivity contribution in [2.75, 3.05) is 0 Å². The van der Waals surface area contributed by atoms with Crippen molar-refractivity contribution in [1.82, 2.24) is 0 Å². The van der Waals surface area contributed by atoms with Gasteiger partial charge >= 0.3 is 166 Å². The molecule has 4 heteroatoms. The number of hydrogen-bond acceptors (Lipinski definition) is 0. The van der Waals surface area contributed by atoms with Crippen LogP contribution in [0.1, 0.15) is 5.56 Å². The third kappa shape index (κ3) is 5.37. The third-order valence-corrected chi connectivity index (χ3v) is 8.71. The number of rotatable bonds is 4. The summed E-state index contributed by atoms with van der Waals surface area (Å²) in [6.07, 6.45) is 1.98. The summed E-state index contributed by atoms with van der Waals surface area (Å²) in [5.74, 6) is 0. The van der Waals surface area contributed by atoms with E-state index in [0.29, 0.717) is 0 Å². The minimum absolute atomic E-state index is 0.472. The van der Waals surface area contributed by atoms with Crippen molar-refractivity contribution in [2.45, 2.75) is 0 Å². The Balaban J connectivity index is 0.000000647. The zero-order chi connectivity index (χ0) is 17.2. The molecule has 0 aliphatic carbocycles. The maximum absolute atomic E-state index is 4.88. The summed E-state index contributed by atoms with van der Waals surface area (Å²) in [5, 5.41) is 0. The van der Waals surface area contributed by atoms with Crippen LogP contribution < -0.4 is 13.1 Å². The van der Waals surface area contributed by atoms with Crippen LogP contribution in [0, 0.1) is 0 Å². The van der Waals surface area contributed by atoms with Crippen molar-refractivity contribution >= 4 is 52.6 Å². The maximum atomic E-state index is 4.88. The van der Waals surface area contributed by atoms with E-state index in [1.807, 2.05) is 6.08 Å². The first kappa shape index (κ1) is 19.6. The molecule has 0 saturated heterocycles. The fraction of sp³-hybridized carbons (Fsp3) is 0. The van der Waals surface area contributed by atoms with E-state index in [4.69, 9.17) is 18.8 Å². The minimum atomic E-state index is -1.52. The van der Waals surface area contributed by atoms with Gasteiger partial charge in [0, 0.05) is 0 Å². The fourth-order valence-corrected chi connectivity index (χ4v) is 7.59. The van der Waals surface area contributed by atoms with Crippen LogP contribution in [0.2, 0.25) is 0 Å². The first-order valence-electron chi connectivity index (χ1n) is 7.26. The molecule has 3 aromatic carbocycles. The Kier molecular flexibility index (Phi) is 8.93. The average molecular weight is 598 g/mol. The molecule has 0 N–H and O–H groups in total. The standard InChI is InChI=1S/C20H17As.2ClH.Pt/c1-2-17-11-9-10-16-20(17)21(18-12-5-3-6-13-18)19-14-7-4-8-15-19;;;/h2-16H,1H2;2*1H;/q;;;+2/p-2. The van der Waals surface area contributed by atoms with E-state index in [1.165, 1.54) is 18.6 Å². The van der Waals surface area contributed by atoms with Crippen LogP contribution in [0.15, 0.2) is 91.5 Å². The van der Waals surface area contributed by atoms with Gasteiger partial charge in [0.15, 0.2) is 0 Å². The molecule has 3 aromatic rings. The van der Waals surface area contributed by atoms with Crippen LogP contribution in [0.4, 0.5) is 0 Å². The van der Waals surface area contributed by atoms with Gasteiger partial charge < -0.3 is 0 Å². The number of halogens is 2. The molecule has 0 fully saturated rings. The van der Waals surface area contributed by atoms with E-state index in [9.17, 15) is 0 Å². The van der Waals surface area contributed by atoms with Gasteiger partial charge in [-0.2, -0.15) is 0 Å². The predicted octanol–water partition coefficient (Wildman–Crippen LogP) is 4.22. The monoisotopic (exact) mass is 597 g/mol. The van der Waals surface area contributed by atoms with Crippen molar-refractivity contribution in [3.8, 4) is 0 Å². The molecule has 3 rings (SSSR count). The zero-order valence-corrected chi connectivity index (χ0v) is 18.5. The fourth-order valence-electron chi connectivity index (χ4n) is 2.45. The van der Waals surface area contributed by atoms with Crippen LogP contribution in [0.5, 0.6) is 0 Å². The van der Waals surface area contributed by atoms with Crippen molar-refractivity contribution in [2.24, 2.45) is 0 Å². The van der Waals surface area contributed by atoms with Gasteiger partial charge in [-0.3, -0.25) is 0 Å². The van der Waals surface area contributed by atoms with Gasteiger partial charge in [0.2, 0.25) is 0 Å². The molecule has 0 unspecified atom stereocenters. The topological polar surface area (TPSA) is 0 Å². The molecular weight excluding hydrogens is 581 g/mol. The van der Waals surface area contributed by atoms with E-state index in [2.05, 4.69) is 91.5 Å². The van der Waals surface area contributed by atoms with Crippen molar-refractivity contribution in [1.29, 1.82) is 0 Å². The molecule has 0 nitrogen and oxygen atoms in total. The Morgan fingerprint density at radius 2 is 1.12 bits per heavy atom. The third-order valence-electron chi connectivity index (χ3n) is 3.43. The Hall–Kier alpha value is -0.773. The van der Waals surface area contributed by atoms with Crippen LogP contribution >= 0.6 is 18.8 Å². The Morgan fingerprint density at radius 1 is 0.708 bits per heavy atom. The summed E-state index contributed by atoms with van der Waals surface area (Å²) in [4.78, 5) is 0. The number of hydrogen-bond donors (Lipinski definition) is 0. The second-order valence-electron chi connectivity index (χ2n) is 4.81. The summed E-state index contributed by atoms with van der Waals surface area (Å²) in [7, 11) is 9.75. The van der Waals surface area contributed by atoms with Crippen LogP contribution in [0.25, 0.3) is 6.08 Å². The predicted molar refractivity (Wildman–Crippen MR) is 106 cm³/mol. The van der Waals surface area contributed by atoms with E-state index < -0.39 is 31.1 Å². The molecule has 0 aliphatic rings. The molecule has 0 aromatic heterocycles. The first-order chi connectivity index (χ1) is 11.8. The van der Waals surface area contributed by atoms with Crippen molar-refractivity contribution in [3.63, 3.8) is 0 Å². The summed E-state index contributed by atoms with van der Waals surface area (Å²) >= 11 is -1.99. The molecule has 0 atom stereocenters. The normalized spacial score (nSPS) is 10.1. The van der Waals surface area contributed by atoms with E-state index in [1.54, 1.807) is 0 Å². The summed E-state index contributed by atoms with van der Waals surface area (Å²) in [6, 6.07) is 30.4. The number of benzene rings is 3. The Labute approximate surface area is 165 Å². The second-order valence-corrected chi connectivity index (χ2v) is 12.7. The SMILES string of the molecule is C=Cc1ccccc1[As](c1ccccc1)c1ccccc1.[Cl][Pt][Cl]. The molecule has 0 heterocycles. The zero-order valence-electron chi connectivity index (χ0n) is 12.9. The van der Waals surface area contributed by atoms with Gasteiger partial charge in [-0.1, -0.05) is 0 Å². The van der Waals surface area contributed by atoms with Crippen molar-refractivity contribution < 1.29 is 16.5 Å². The molecule has 0 spiro atoms. The summed E-state index contributed by atoms with van der Waals surface area (Å²) < 4.78 is 4.34. The van der Waals surface area contributed by atoms with Gasteiger partial charge in [0.1, 0.15) is 0 Å². The van der Waals surface area contributed by atoms with Gasteiger partial charge in [-0.15, -0.1) is 0 Å². The molecule has 0 bridgehead atoms. The molecule has 24 heavy (non-hydrogen) atoms. The molecule has 0 saturated carbocycles. The van der Waals surface area contributed by atoms with Crippen LogP contribution in [-0.2, 0) is 16.5 Å². The van der Waals surface area contributed by atoms with Crippen LogP contribution in [-0.4, -0.2) is 14.7 Å². The van der Waals surface area contributed by atoms with E-state index >= 15 is 0 Å². The van der Waals surface area contributed by atoms with Gasteiger partial charge in [-0.05, 0) is 0 Å². The second kappa shape index (κ2) is 11.0. The van der Waals surface area contributed by atoms with Gasteiger partial charge in [0.05, 0.1) is 0 Å². The van der Waals surface area contributed by atoms with E-state index in [-0.39, 0.29) is 0 Å². The molecule has 0 amide bonds. The molecular formula is C20H17AsCl2Pt. The molecule has 0 aliphatic heterocycles. The van der Waals surface area contributed by atoms with Gasteiger partial charge in [0.25, 0.3) is 0 Å². The van der Waals surface area contributed by atoms with Gasteiger partial charge in [-0.25, -0.2) is 0 Å². The molecule has 0 radical (unpaired) electrons. The first-order valence-corrected chi connectivity index (χ1v) is 15.7. The quantitative estimate of drug-likeness (QED) is 0.395. The summed E-state index contributed by atoms with van der Waals surface area (Å²) in [6.45, 7) is 3.98.